The maximum Gasteiger partial charge on any atom is 0.335 e. The molecule has 0 radical (unpaired) electrons. The summed E-state index contributed by atoms with van der Waals surface area (Å²) in [4.78, 5) is 39.9. The third-order valence-electron chi connectivity index (χ3n) is 3.97. The number of nitrogens with zero attached hydrogens (tertiary/aromatic N) is 1. The van der Waals surface area contributed by atoms with Crippen molar-refractivity contribution >= 4 is 27.5 Å². The van der Waals surface area contributed by atoms with Crippen LogP contribution in [0.4, 0.5) is 0 Å². The first-order valence-electron chi connectivity index (χ1n) is 8.21. The Kier molecular flexibility index (Phi) is 5.22. The third-order valence-corrected chi connectivity index (χ3v) is 5.16. The van der Waals surface area contributed by atoms with Gasteiger partial charge in [-0.15, -0.1) is 11.3 Å². The fraction of sp³-hybridized carbons (Fsp3) is 0.278. The van der Waals surface area contributed by atoms with Gasteiger partial charge in [-0.1, -0.05) is 6.92 Å². The second-order valence-corrected chi connectivity index (χ2v) is 6.86. The van der Waals surface area contributed by atoms with E-state index in [1.165, 1.54) is 28.0 Å². The van der Waals surface area contributed by atoms with Crippen LogP contribution in [-0.4, -0.2) is 27.2 Å². The van der Waals surface area contributed by atoms with Crippen molar-refractivity contribution in [3.05, 3.63) is 61.6 Å². The van der Waals surface area contributed by atoms with Gasteiger partial charge in [-0.25, -0.2) is 9.59 Å². The zero-order valence-electron chi connectivity index (χ0n) is 14.2. The molecule has 2 heterocycles. The molecule has 136 valence electrons. The van der Waals surface area contributed by atoms with Crippen LogP contribution in [0.25, 0.3) is 10.2 Å². The lowest BCUT2D eigenvalue weighted by Gasteiger charge is -2.07. The molecule has 26 heavy (non-hydrogen) atoms. The first kappa shape index (κ1) is 17.9. The summed E-state index contributed by atoms with van der Waals surface area (Å²) >= 11 is 1.43. The molecule has 0 amide bonds. The van der Waals surface area contributed by atoms with Crippen LogP contribution in [0.15, 0.2) is 39.9 Å². The quantitative estimate of drug-likeness (QED) is 0.619. The number of aromatic amines is 1. The lowest BCUT2D eigenvalue weighted by atomic mass is 10.2. The zero-order valence-corrected chi connectivity index (χ0v) is 15.0. The van der Waals surface area contributed by atoms with Crippen LogP contribution in [0, 0.1) is 0 Å². The number of rotatable bonds is 7. The van der Waals surface area contributed by atoms with E-state index >= 15 is 0 Å². The molecule has 1 aromatic carbocycles. The molecule has 2 N–H and O–H groups in total. The molecular formula is C18H18N2O5S. The number of aromatic nitrogens is 2. The van der Waals surface area contributed by atoms with Crippen molar-refractivity contribution in [2.24, 2.45) is 0 Å². The summed E-state index contributed by atoms with van der Waals surface area (Å²) in [7, 11) is 0. The van der Waals surface area contributed by atoms with Crippen LogP contribution in [0.2, 0.25) is 0 Å². The number of thiophene rings is 1. The molecule has 0 saturated heterocycles. The number of ether oxygens (including phenoxy) is 1. The van der Waals surface area contributed by atoms with Crippen LogP contribution >= 0.6 is 11.3 Å². The van der Waals surface area contributed by atoms with E-state index < -0.39 is 11.7 Å². The standard InChI is InChI=1S/C18H18N2O5S/c1-2-13-10-14-15(26-13)19-18(24)20(16(14)21)8-3-9-25-12-6-4-11(5-7-12)17(22)23/h4-7,10H,2-3,8-9H2,1H3,(H,19,24)(H,22,23). The Labute approximate surface area is 152 Å². The molecule has 2 aromatic heterocycles. The van der Waals surface area contributed by atoms with Gasteiger partial charge < -0.3 is 9.84 Å². The number of aromatic carboxylic acids is 1. The Morgan fingerprint density at radius 1 is 1.27 bits per heavy atom. The Balaban J connectivity index is 1.65. The molecule has 0 aliphatic heterocycles. The summed E-state index contributed by atoms with van der Waals surface area (Å²) in [5.41, 5.74) is -0.519. The van der Waals surface area contributed by atoms with Gasteiger partial charge in [-0.3, -0.25) is 14.3 Å². The van der Waals surface area contributed by atoms with Gasteiger partial charge in [0.15, 0.2) is 0 Å². The Hall–Kier alpha value is -2.87. The van der Waals surface area contributed by atoms with Crippen LogP contribution < -0.4 is 16.0 Å². The molecule has 7 nitrogen and oxygen atoms in total. The van der Waals surface area contributed by atoms with Crippen molar-refractivity contribution in [1.82, 2.24) is 9.55 Å². The van der Waals surface area contributed by atoms with Crippen molar-refractivity contribution < 1.29 is 14.6 Å². The highest BCUT2D eigenvalue weighted by Gasteiger charge is 2.10. The molecule has 0 fully saturated rings. The van der Waals surface area contributed by atoms with Gasteiger partial charge in [0.1, 0.15) is 10.6 Å². The minimum absolute atomic E-state index is 0.186. The monoisotopic (exact) mass is 374 g/mol. The van der Waals surface area contributed by atoms with Gasteiger partial charge in [0.2, 0.25) is 0 Å². The number of aryl methyl sites for hydroxylation is 1. The van der Waals surface area contributed by atoms with E-state index in [0.717, 1.165) is 11.3 Å². The predicted octanol–water partition coefficient (Wildman–Crippen LogP) is 2.48. The molecule has 0 aliphatic carbocycles. The fourth-order valence-corrected chi connectivity index (χ4v) is 3.56. The number of hydrogen-bond donors (Lipinski definition) is 2. The van der Waals surface area contributed by atoms with Crippen LogP contribution in [-0.2, 0) is 13.0 Å². The number of carbonyl (C=O) groups is 1. The van der Waals surface area contributed by atoms with Crippen molar-refractivity contribution in [3.8, 4) is 5.75 Å². The molecule has 0 unspecified atom stereocenters. The smallest absolute Gasteiger partial charge is 0.335 e. The van der Waals surface area contributed by atoms with Crippen molar-refractivity contribution in [2.75, 3.05) is 6.61 Å². The normalized spacial score (nSPS) is 11.0. The Morgan fingerprint density at radius 2 is 2.00 bits per heavy atom. The highest BCUT2D eigenvalue weighted by Crippen LogP contribution is 2.20. The molecule has 3 rings (SSSR count). The van der Waals surface area contributed by atoms with Crippen molar-refractivity contribution in [1.29, 1.82) is 0 Å². The average Bonchev–Trinajstić information content (AvgIpc) is 3.04. The minimum atomic E-state index is -0.995. The number of benzene rings is 1. The van der Waals surface area contributed by atoms with Gasteiger partial charge in [0, 0.05) is 11.4 Å². The maximum absolute atomic E-state index is 12.5. The van der Waals surface area contributed by atoms with E-state index in [4.69, 9.17) is 9.84 Å². The van der Waals surface area contributed by atoms with E-state index in [1.807, 2.05) is 13.0 Å². The van der Waals surface area contributed by atoms with E-state index in [-0.39, 0.29) is 17.7 Å². The van der Waals surface area contributed by atoms with E-state index in [0.29, 0.717) is 29.0 Å². The SMILES string of the molecule is CCc1cc2c(=O)n(CCCOc3ccc(C(=O)O)cc3)c(=O)[nH]c2s1. The summed E-state index contributed by atoms with van der Waals surface area (Å²) < 4.78 is 6.72. The Bertz CT molecular complexity index is 1050. The lowest BCUT2D eigenvalue weighted by molar-refractivity contribution is 0.0697. The predicted molar refractivity (Wildman–Crippen MR) is 99.6 cm³/mol. The van der Waals surface area contributed by atoms with Gasteiger partial charge in [0.25, 0.3) is 5.56 Å². The topological polar surface area (TPSA) is 101 Å². The molecule has 0 bridgehead atoms. The molecule has 0 aliphatic rings. The van der Waals surface area contributed by atoms with Crippen molar-refractivity contribution in [3.63, 3.8) is 0 Å². The second-order valence-electron chi connectivity index (χ2n) is 5.73. The lowest BCUT2D eigenvalue weighted by Crippen LogP contribution is -2.35. The van der Waals surface area contributed by atoms with E-state index in [9.17, 15) is 14.4 Å². The molecule has 0 spiro atoms. The molecule has 8 heteroatoms. The summed E-state index contributed by atoms with van der Waals surface area (Å²) in [5, 5.41) is 9.39. The van der Waals surface area contributed by atoms with Gasteiger partial charge >= 0.3 is 11.7 Å². The number of hydrogen-bond acceptors (Lipinski definition) is 5. The van der Waals surface area contributed by atoms with E-state index in [1.54, 1.807) is 12.1 Å². The number of H-pyrrole nitrogens is 1. The second kappa shape index (κ2) is 7.57. The number of carboxylic acid groups (broad SMARTS) is 1. The number of fused-ring (bicyclic) bond motifs is 1. The largest absolute Gasteiger partial charge is 0.494 e. The first-order chi connectivity index (χ1) is 12.5. The first-order valence-corrected chi connectivity index (χ1v) is 9.03. The molecule has 3 aromatic rings. The highest BCUT2D eigenvalue weighted by atomic mass is 32.1. The summed E-state index contributed by atoms with van der Waals surface area (Å²) in [6, 6.07) is 7.90. The maximum atomic E-state index is 12.5. The van der Waals surface area contributed by atoms with Gasteiger partial charge in [0.05, 0.1) is 17.6 Å². The molecule has 0 atom stereocenters. The highest BCUT2D eigenvalue weighted by molar-refractivity contribution is 7.18. The van der Waals surface area contributed by atoms with E-state index in [2.05, 4.69) is 4.98 Å². The minimum Gasteiger partial charge on any atom is -0.494 e. The molecular weight excluding hydrogens is 356 g/mol. The number of carboxylic acids is 1. The zero-order chi connectivity index (χ0) is 18.7. The van der Waals surface area contributed by atoms with Crippen LogP contribution in [0.3, 0.4) is 0 Å². The summed E-state index contributed by atoms with van der Waals surface area (Å²) in [5.74, 6) is -0.456. The average molecular weight is 374 g/mol. The molecule has 0 saturated carbocycles. The van der Waals surface area contributed by atoms with Gasteiger partial charge in [-0.2, -0.15) is 0 Å². The third kappa shape index (κ3) is 3.70. The van der Waals surface area contributed by atoms with Crippen LogP contribution in [0.1, 0.15) is 28.6 Å². The Morgan fingerprint density at radius 3 is 2.65 bits per heavy atom. The van der Waals surface area contributed by atoms with Crippen molar-refractivity contribution in [2.45, 2.75) is 26.3 Å². The van der Waals surface area contributed by atoms with Crippen LogP contribution in [0.5, 0.6) is 5.75 Å². The summed E-state index contributed by atoms with van der Waals surface area (Å²) in [6.07, 6.45) is 1.29. The summed E-state index contributed by atoms with van der Waals surface area (Å²) in [6.45, 7) is 2.55. The fourth-order valence-electron chi connectivity index (χ4n) is 2.58. The number of nitrogens with one attached hydrogen (secondary N) is 1. The van der Waals surface area contributed by atoms with Gasteiger partial charge in [-0.05, 0) is 43.2 Å².